The summed E-state index contributed by atoms with van der Waals surface area (Å²) < 4.78 is 5.02. The van der Waals surface area contributed by atoms with E-state index in [0.717, 1.165) is 19.5 Å². The maximum absolute atomic E-state index is 12.1. The molecule has 28 heavy (non-hydrogen) atoms. The highest BCUT2D eigenvalue weighted by atomic mass is 16.6. The first-order chi connectivity index (χ1) is 13.6. The van der Waals surface area contributed by atoms with Gasteiger partial charge in [-0.3, -0.25) is 14.5 Å². The molecule has 0 aliphatic carbocycles. The summed E-state index contributed by atoms with van der Waals surface area (Å²) in [5.74, 6) is 0. The lowest BCUT2D eigenvalue weighted by atomic mass is 10.0. The van der Waals surface area contributed by atoms with E-state index in [1.165, 1.54) is 19.3 Å². The van der Waals surface area contributed by atoms with Crippen LogP contribution in [0.25, 0.3) is 0 Å². The van der Waals surface area contributed by atoms with Crippen molar-refractivity contribution < 1.29 is 9.53 Å². The van der Waals surface area contributed by atoms with Gasteiger partial charge in [-0.25, -0.2) is 4.79 Å². The Morgan fingerprint density at radius 1 is 1.07 bits per heavy atom. The number of likely N-dealkylation sites (tertiary alicyclic amines) is 1. The van der Waals surface area contributed by atoms with Crippen molar-refractivity contribution in [1.82, 2.24) is 9.80 Å². The number of nitrogens with one attached hydrogen (secondary N) is 1. The van der Waals surface area contributed by atoms with Crippen LogP contribution in [0.1, 0.15) is 39.5 Å². The molecule has 1 aromatic rings. The Bertz CT molecular complexity index is 735. The molecule has 2 saturated heterocycles. The molecule has 8 nitrogen and oxygen atoms in total. The zero-order valence-corrected chi connectivity index (χ0v) is 17.0. The number of anilines is 2. The van der Waals surface area contributed by atoms with Crippen LogP contribution in [-0.2, 0) is 4.74 Å². The summed E-state index contributed by atoms with van der Waals surface area (Å²) in [6, 6.07) is 0.624. The minimum absolute atomic E-state index is 0.322. The van der Waals surface area contributed by atoms with E-state index in [0.29, 0.717) is 56.7 Å². The van der Waals surface area contributed by atoms with E-state index < -0.39 is 10.9 Å². The second-order valence-corrected chi connectivity index (χ2v) is 7.58. The van der Waals surface area contributed by atoms with Crippen LogP contribution < -0.4 is 21.1 Å². The third kappa shape index (κ3) is 4.32. The molecule has 2 heterocycles. The van der Waals surface area contributed by atoms with Crippen molar-refractivity contribution in [3.8, 4) is 0 Å². The SMILES string of the molecule is CCOC(=O)N1CCN(c2c(NCCN3CCCC[C@H]3CC)c(=O)c2=O)CC1. The fourth-order valence-corrected chi connectivity index (χ4v) is 4.31. The Balaban J connectivity index is 1.54. The molecule has 1 amide bonds. The summed E-state index contributed by atoms with van der Waals surface area (Å²) in [5, 5.41) is 3.21. The van der Waals surface area contributed by atoms with E-state index in [9.17, 15) is 14.4 Å². The molecular weight excluding hydrogens is 360 g/mol. The van der Waals surface area contributed by atoms with Crippen molar-refractivity contribution in [3.63, 3.8) is 0 Å². The average molecular weight is 393 g/mol. The Morgan fingerprint density at radius 2 is 1.82 bits per heavy atom. The Morgan fingerprint density at radius 3 is 2.50 bits per heavy atom. The molecule has 2 fully saturated rings. The molecular formula is C20H32N4O4. The normalized spacial score (nSPS) is 21.1. The first-order valence-corrected chi connectivity index (χ1v) is 10.5. The second kappa shape index (κ2) is 9.41. The van der Waals surface area contributed by atoms with Gasteiger partial charge < -0.3 is 19.9 Å². The van der Waals surface area contributed by atoms with Gasteiger partial charge in [0.2, 0.25) is 0 Å². The first-order valence-electron chi connectivity index (χ1n) is 10.5. The van der Waals surface area contributed by atoms with Gasteiger partial charge >= 0.3 is 6.09 Å². The van der Waals surface area contributed by atoms with E-state index in [1.807, 2.05) is 4.90 Å². The molecule has 0 aromatic heterocycles. The second-order valence-electron chi connectivity index (χ2n) is 7.58. The van der Waals surface area contributed by atoms with Gasteiger partial charge in [-0.2, -0.15) is 0 Å². The van der Waals surface area contributed by atoms with Crippen LogP contribution in [0, 0.1) is 0 Å². The van der Waals surface area contributed by atoms with Crippen molar-refractivity contribution in [2.24, 2.45) is 0 Å². The molecule has 156 valence electrons. The minimum atomic E-state index is -0.423. The summed E-state index contributed by atoms with van der Waals surface area (Å²) in [5.41, 5.74) is 0.0869. The van der Waals surface area contributed by atoms with Gasteiger partial charge in [-0.1, -0.05) is 13.3 Å². The molecule has 3 rings (SSSR count). The zero-order chi connectivity index (χ0) is 20.1. The fourth-order valence-electron chi connectivity index (χ4n) is 4.31. The maximum Gasteiger partial charge on any atom is 0.409 e. The molecule has 2 aliphatic rings. The summed E-state index contributed by atoms with van der Waals surface area (Å²) in [6.07, 6.45) is 4.59. The van der Waals surface area contributed by atoms with Gasteiger partial charge in [-0.15, -0.1) is 0 Å². The highest BCUT2D eigenvalue weighted by molar-refractivity contribution is 5.76. The molecule has 2 aliphatic heterocycles. The summed E-state index contributed by atoms with van der Waals surface area (Å²) in [7, 11) is 0. The smallest absolute Gasteiger partial charge is 0.409 e. The maximum atomic E-state index is 12.1. The van der Waals surface area contributed by atoms with Crippen molar-refractivity contribution in [3.05, 3.63) is 20.4 Å². The van der Waals surface area contributed by atoms with Crippen LogP contribution in [0.3, 0.4) is 0 Å². The van der Waals surface area contributed by atoms with Crippen molar-refractivity contribution in [1.29, 1.82) is 0 Å². The number of rotatable bonds is 7. The summed E-state index contributed by atoms with van der Waals surface area (Å²) in [6.45, 7) is 9.04. The molecule has 0 spiro atoms. The van der Waals surface area contributed by atoms with Gasteiger partial charge in [0.25, 0.3) is 10.9 Å². The van der Waals surface area contributed by atoms with E-state index in [1.54, 1.807) is 11.8 Å². The van der Waals surface area contributed by atoms with Crippen LogP contribution in [0.4, 0.5) is 16.2 Å². The molecule has 1 N–H and O–H groups in total. The van der Waals surface area contributed by atoms with Gasteiger partial charge in [0.05, 0.1) is 6.61 Å². The first kappa shape index (κ1) is 20.6. The van der Waals surface area contributed by atoms with Crippen LogP contribution in [-0.4, -0.2) is 74.4 Å². The number of hydrogen-bond donors (Lipinski definition) is 1. The number of hydrogen-bond acceptors (Lipinski definition) is 7. The van der Waals surface area contributed by atoms with Gasteiger partial charge in [0, 0.05) is 45.3 Å². The molecule has 1 atom stereocenters. The zero-order valence-electron chi connectivity index (χ0n) is 17.0. The predicted molar refractivity (Wildman–Crippen MR) is 110 cm³/mol. The lowest BCUT2D eigenvalue weighted by molar-refractivity contribution is 0.105. The van der Waals surface area contributed by atoms with Crippen LogP contribution in [0.15, 0.2) is 9.59 Å². The molecule has 0 bridgehead atoms. The van der Waals surface area contributed by atoms with E-state index in [2.05, 4.69) is 17.1 Å². The summed E-state index contributed by atoms with van der Waals surface area (Å²) >= 11 is 0. The third-order valence-electron chi connectivity index (χ3n) is 5.93. The molecule has 1 aromatic carbocycles. The Kier molecular flexibility index (Phi) is 6.93. The number of piperidine rings is 1. The van der Waals surface area contributed by atoms with Gasteiger partial charge in [-0.05, 0) is 32.7 Å². The predicted octanol–water partition coefficient (Wildman–Crippen LogP) is 1.24. The standard InChI is InChI=1S/C20H32N4O4/c1-3-15-7-5-6-9-22(15)10-8-21-16-17(19(26)18(16)25)23-11-13-24(14-12-23)20(27)28-4-2/h15,21H,3-14H2,1-2H3/t15-/m1/s1. The highest BCUT2D eigenvalue weighted by Gasteiger charge is 2.30. The van der Waals surface area contributed by atoms with Crippen LogP contribution in [0.2, 0.25) is 0 Å². The number of nitrogens with zero attached hydrogens (tertiary/aromatic N) is 3. The number of carbonyl (C=O) groups excluding carboxylic acids is 1. The number of piperazine rings is 1. The van der Waals surface area contributed by atoms with Crippen molar-refractivity contribution >= 4 is 17.5 Å². The lowest BCUT2D eigenvalue weighted by Crippen LogP contribution is -2.53. The largest absolute Gasteiger partial charge is 0.450 e. The topological polar surface area (TPSA) is 82.2 Å². The van der Waals surface area contributed by atoms with Crippen LogP contribution >= 0.6 is 0 Å². The van der Waals surface area contributed by atoms with E-state index in [-0.39, 0.29) is 6.09 Å². The number of ether oxygens (including phenoxy) is 1. The molecule has 0 unspecified atom stereocenters. The molecule has 0 saturated carbocycles. The highest BCUT2D eigenvalue weighted by Crippen LogP contribution is 2.23. The molecule has 0 radical (unpaired) electrons. The van der Waals surface area contributed by atoms with Gasteiger partial charge in [0.15, 0.2) is 0 Å². The Labute approximate surface area is 166 Å². The fraction of sp³-hybridized carbons (Fsp3) is 0.750. The van der Waals surface area contributed by atoms with E-state index >= 15 is 0 Å². The molecule has 8 heteroatoms. The number of amides is 1. The average Bonchev–Trinajstić information content (AvgIpc) is 2.73. The number of carbonyl (C=O) groups is 1. The van der Waals surface area contributed by atoms with Crippen LogP contribution in [0.5, 0.6) is 0 Å². The summed E-state index contributed by atoms with van der Waals surface area (Å²) in [4.78, 5) is 42.1. The van der Waals surface area contributed by atoms with Crippen molar-refractivity contribution in [2.75, 3.05) is 62.6 Å². The van der Waals surface area contributed by atoms with Gasteiger partial charge in [0.1, 0.15) is 11.4 Å². The monoisotopic (exact) mass is 392 g/mol. The lowest BCUT2D eigenvalue weighted by Gasteiger charge is -2.37. The minimum Gasteiger partial charge on any atom is -0.450 e. The quantitative estimate of drug-likeness (QED) is 0.699. The Hall–Kier alpha value is -2.09. The van der Waals surface area contributed by atoms with Crippen molar-refractivity contribution in [2.45, 2.75) is 45.6 Å². The van der Waals surface area contributed by atoms with E-state index in [4.69, 9.17) is 4.74 Å². The third-order valence-corrected chi connectivity index (χ3v) is 5.93.